The average molecular weight is 330 g/mol. The highest BCUT2D eigenvalue weighted by molar-refractivity contribution is 9.09. The minimum Gasteiger partial charge on any atom is -0.462 e. The lowest BCUT2D eigenvalue weighted by atomic mass is 10.0. The van der Waals surface area contributed by atoms with Crippen molar-refractivity contribution in [2.24, 2.45) is 0 Å². The number of Topliss-reactive ketones (excluding diaryl/α,β-unsaturated/α-hetero) is 1. The second-order valence-corrected chi connectivity index (χ2v) is 4.24. The van der Waals surface area contributed by atoms with Crippen molar-refractivity contribution in [2.45, 2.75) is 13.3 Å². The molecule has 1 aromatic carbocycles. The van der Waals surface area contributed by atoms with E-state index in [4.69, 9.17) is 4.74 Å². The van der Waals surface area contributed by atoms with E-state index in [1.165, 1.54) is 18.2 Å². The van der Waals surface area contributed by atoms with Crippen LogP contribution in [-0.4, -0.2) is 28.6 Å². The maximum Gasteiger partial charge on any atom is 0.345 e. The fraction of sp³-hybridized carbons (Fsp3) is 0.333. The van der Waals surface area contributed by atoms with E-state index in [0.29, 0.717) is 5.56 Å². The van der Waals surface area contributed by atoms with Gasteiger partial charge in [-0.15, -0.1) is 0 Å². The summed E-state index contributed by atoms with van der Waals surface area (Å²) < 4.78 is 4.77. The topological polar surface area (TPSA) is 86.5 Å². The van der Waals surface area contributed by atoms with Crippen molar-refractivity contribution >= 4 is 33.4 Å². The molecule has 0 aliphatic heterocycles. The number of nitrogens with zero attached hydrogens (tertiary/aromatic N) is 1. The lowest BCUT2D eigenvalue weighted by Crippen LogP contribution is -2.10. The van der Waals surface area contributed by atoms with Crippen LogP contribution in [0.15, 0.2) is 18.2 Å². The summed E-state index contributed by atoms with van der Waals surface area (Å²) >= 11 is 3.03. The Bertz CT molecular complexity index is 515. The number of rotatable bonds is 6. The lowest BCUT2D eigenvalue weighted by molar-refractivity contribution is -0.385. The van der Waals surface area contributed by atoms with Crippen LogP contribution in [0.25, 0.3) is 0 Å². The van der Waals surface area contributed by atoms with Crippen LogP contribution in [0, 0.1) is 10.1 Å². The molecule has 0 atom stereocenters. The van der Waals surface area contributed by atoms with Gasteiger partial charge in [0.1, 0.15) is 11.3 Å². The van der Waals surface area contributed by atoms with Gasteiger partial charge in [0.25, 0.3) is 5.69 Å². The van der Waals surface area contributed by atoms with Crippen LogP contribution in [-0.2, 0) is 16.0 Å². The molecule has 7 heteroatoms. The smallest absolute Gasteiger partial charge is 0.345 e. The monoisotopic (exact) mass is 329 g/mol. The number of carbonyl (C=O) groups is 2. The number of benzene rings is 1. The highest BCUT2D eigenvalue weighted by Gasteiger charge is 2.22. The average Bonchev–Trinajstić information content (AvgIpc) is 2.38. The first kappa shape index (κ1) is 15.3. The molecule has 1 rings (SSSR count). The van der Waals surface area contributed by atoms with Crippen LogP contribution in [0.5, 0.6) is 0 Å². The summed E-state index contributed by atoms with van der Waals surface area (Å²) in [5.41, 5.74) is 0.0818. The Balaban J connectivity index is 3.14. The standard InChI is InChI=1S/C12H12BrNO5/c1-2-19-12(16)10-6-8(5-9(15)7-13)3-4-11(10)14(17)18/h3-4,6H,2,5,7H2,1H3. The largest absolute Gasteiger partial charge is 0.462 e. The molecule has 102 valence electrons. The van der Waals surface area contributed by atoms with Crippen molar-refractivity contribution in [2.75, 3.05) is 11.9 Å². The summed E-state index contributed by atoms with van der Waals surface area (Å²) in [6, 6.07) is 4.00. The van der Waals surface area contributed by atoms with Gasteiger partial charge in [-0.2, -0.15) is 0 Å². The van der Waals surface area contributed by atoms with Gasteiger partial charge >= 0.3 is 5.97 Å². The third-order valence-corrected chi connectivity index (χ3v) is 2.93. The van der Waals surface area contributed by atoms with Gasteiger partial charge in [0.15, 0.2) is 0 Å². The van der Waals surface area contributed by atoms with E-state index in [2.05, 4.69) is 15.9 Å². The first-order valence-electron chi connectivity index (χ1n) is 5.51. The molecular weight excluding hydrogens is 318 g/mol. The van der Waals surface area contributed by atoms with Gasteiger partial charge < -0.3 is 4.74 Å². The summed E-state index contributed by atoms with van der Waals surface area (Å²) in [7, 11) is 0. The van der Waals surface area contributed by atoms with Crippen LogP contribution in [0.2, 0.25) is 0 Å². The number of nitro benzene ring substituents is 1. The predicted molar refractivity (Wildman–Crippen MR) is 71.6 cm³/mol. The highest BCUT2D eigenvalue weighted by atomic mass is 79.9. The van der Waals surface area contributed by atoms with Crippen molar-refractivity contribution in [1.82, 2.24) is 0 Å². The predicted octanol–water partition coefficient (Wildman–Crippen LogP) is 2.28. The van der Waals surface area contributed by atoms with Gasteiger partial charge in [0.05, 0.1) is 16.9 Å². The molecule has 0 fully saturated rings. The summed E-state index contributed by atoms with van der Waals surface area (Å²) in [5, 5.41) is 11.0. The molecular formula is C12H12BrNO5. The summed E-state index contributed by atoms with van der Waals surface area (Å²) in [4.78, 5) is 33.2. The number of ether oxygens (including phenoxy) is 1. The van der Waals surface area contributed by atoms with Crippen molar-refractivity contribution in [3.05, 3.63) is 39.4 Å². The minimum absolute atomic E-state index is 0.0799. The molecule has 0 heterocycles. The van der Waals surface area contributed by atoms with E-state index >= 15 is 0 Å². The molecule has 0 spiro atoms. The lowest BCUT2D eigenvalue weighted by Gasteiger charge is -2.05. The van der Waals surface area contributed by atoms with Gasteiger partial charge in [0, 0.05) is 12.5 Å². The first-order chi connectivity index (χ1) is 8.99. The van der Waals surface area contributed by atoms with Gasteiger partial charge in [-0.25, -0.2) is 4.79 Å². The summed E-state index contributed by atoms with van der Waals surface area (Å²) in [6.07, 6.45) is 0.107. The van der Waals surface area contributed by atoms with Crippen molar-refractivity contribution < 1.29 is 19.2 Å². The highest BCUT2D eigenvalue weighted by Crippen LogP contribution is 2.21. The van der Waals surface area contributed by atoms with E-state index in [0.717, 1.165) is 0 Å². The van der Waals surface area contributed by atoms with E-state index < -0.39 is 10.9 Å². The molecule has 0 saturated heterocycles. The normalized spacial score (nSPS) is 10.0. The quantitative estimate of drug-likeness (QED) is 0.346. The zero-order chi connectivity index (χ0) is 14.4. The van der Waals surface area contributed by atoms with E-state index in [1.54, 1.807) is 6.92 Å². The Labute approximate surface area is 118 Å². The first-order valence-corrected chi connectivity index (χ1v) is 6.63. The Hall–Kier alpha value is -1.76. The third kappa shape index (κ3) is 4.13. The van der Waals surface area contributed by atoms with Crippen LogP contribution in [0.3, 0.4) is 0 Å². The zero-order valence-corrected chi connectivity index (χ0v) is 11.8. The van der Waals surface area contributed by atoms with Crippen LogP contribution >= 0.6 is 15.9 Å². The van der Waals surface area contributed by atoms with E-state index in [9.17, 15) is 19.7 Å². The molecule has 0 saturated carbocycles. The number of carbonyl (C=O) groups excluding carboxylic acids is 2. The third-order valence-electron chi connectivity index (χ3n) is 2.30. The Kier molecular flexibility index (Phi) is 5.62. The molecule has 0 radical (unpaired) electrons. The second kappa shape index (κ2) is 6.98. The number of halogens is 1. The molecule has 1 aromatic rings. The molecule has 0 bridgehead atoms. The number of esters is 1. The van der Waals surface area contributed by atoms with Crippen LogP contribution in [0.1, 0.15) is 22.8 Å². The van der Waals surface area contributed by atoms with Crippen molar-refractivity contribution in [3.63, 3.8) is 0 Å². The van der Waals surface area contributed by atoms with E-state index in [1.807, 2.05) is 0 Å². The fourth-order valence-electron chi connectivity index (χ4n) is 1.50. The fourth-order valence-corrected chi connectivity index (χ4v) is 1.70. The van der Waals surface area contributed by atoms with Gasteiger partial charge in [-0.1, -0.05) is 22.0 Å². The van der Waals surface area contributed by atoms with Crippen LogP contribution in [0.4, 0.5) is 5.69 Å². The molecule has 0 N–H and O–H groups in total. The summed E-state index contributed by atoms with van der Waals surface area (Å²) in [5.74, 6) is -0.842. The SMILES string of the molecule is CCOC(=O)c1cc(CC(=O)CBr)ccc1[N+](=O)[O-]. The molecule has 0 aliphatic carbocycles. The molecule has 0 aromatic heterocycles. The van der Waals surface area contributed by atoms with Gasteiger partial charge in [-0.3, -0.25) is 14.9 Å². The Morgan fingerprint density at radius 1 is 1.42 bits per heavy atom. The maximum atomic E-state index is 11.7. The molecule has 6 nitrogen and oxygen atoms in total. The number of nitro groups is 1. The Morgan fingerprint density at radius 2 is 2.11 bits per heavy atom. The summed E-state index contributed by atoms with van der Waals surface area (Å²) in [6.45, 7) is 1.74. The van der Waals surface area contributed by atoms with Crippen molar-refractivity contribution in [1.29, 1.82) is 0 Å². The molecule has 0 amide bonds. The van der Waals surface area contributed by atoms with Crippen LogP contribution < -0.4 is 0 Å². The zero-order valence-electron chi connectivity index (χ0n) is 10.2. The Morgan fingerprint density at radius 3 is 2.63 bits per heavy atom. The number of hydrogen-bond acceptors (Lipinski definition) is 5. The number of ketones is 1. The molecule has 0 aliphatic rings. The number of hydrogen-bond donors (Lipinski definition) is 0. The van der Waals surface area contributed by atoms with E-state index in [-0.39, 0.29) is 35.4 Å². The number of alkyl halides is 1. The molecule has 0 unspecified atom stereocenters. The van der Waals surface area contributed by atoms with Gasteiger partial charge in [0.2, 0.25) is 0 Å². The van der Waals surface area contributed by atoms with Crippen molar-refractivity contribution in [3.8, 4) is 0 Å². The molecule has 19 heavy (non-hydrogen) atoms. The maximum absolute atomic E-state index is 11.7. The van der Waals surface area contributed by atoms with Gasteiger partial charge in [-0.05, 0) is 18.6 Å². The second-order valence-electron chi connectivity index (χ2n) is 3.68. The minimum atomic E-state index is -0.762.